The second-order valence-electron chi connectivity index (χ2n) is 6.48. The molecule has 0 aliphatic carbocycles. The lowest BCUT2D eigenvalue weighted by molar-refractivity contribution is -0.134. The van der Waals surface area contributed by atoms with Crippen LogP contribution in [-0.2, 0) is 9.59 Å². The number of hydrogen-bond acceptors (Lipinski definition) is 4. The molecule has 2 fully saturated rings. The number of hydrogen-bond donors (Lipinski definition) is 2. The lowest BCUT2D eigenvalue weighted by Crippen LogP contribution is -2.39. The Balaban J connectivity index is 1.60. The van der Waals surface area contributed by atoms with Crippen LogP contribution in [0.3, 0.4) is 0 Å². The van der Waals surface area contributed by atoms with Crippen molar-refractivity contribution in [1.82, 2.24) is 10.6 Å². The average Bonchev–Trinajstić information content (AvgIpc) is 2.57. The van der Waals surface area contributed by atoms with Crippen molar-refractivity contribution >= 4 is 11.8 Å². The molecule has 2 atom stereocenters. The van der Waals surface area contributed by atoms with Gasteiger partial charge >= 0.3 is 0 Å². The minimum atomic E-state index is -0.233. The highest BCUT2D eigenvalue weighted by Crippen LogP contribution is 2.27. The molecular formula is C18H24N2O3. The summed E-state index contributed by atoms with van der Waals surface area (Å²) in [5.74, 6) is 0.821. The monoisotopic (exact) mass is 316 g/mol. The van der Waals surface area contributed by atoms with E-state index in [2.05, 4.69) is 17.6 Å². The molecule has 5 nitrogen and oxygen atoms in total. The predicted octanol–water partition coefficient (Wildman–Crippen LogP) is 1.97. The Morgan fingerprint density at radius 2 is 1.78 bits per heavy atom. The summed E-state index contributed by atoms with van der Waals surface area (Å²) in [5.41, 5.74) is 0.942. The van der Waals surface area contributed by atoms with Gasteiger partial charge in [0.1, 0.15) is 5.75 Å². The van der Waals surface area contributed by atoms with Gasteiger partial charge in [-0.3, -0.25) is 14.9 Å². The molecule has 0 spiro atoms. The lowest BCUT2D eigenvalue weighted by atomic mass is 9.90. The maximum absolute atomic E-state index is 11.9. The van der Waals surface area contributed by atoms with Gasteiger partial charge in [0, 0.05) is 6.42 Å². The average molecular weight is 316 g/mol. The SMILES string of the molecule is C[C@H](Oc1ccc([C@H]2CCC(=O)NC2=O)cc1)C1CCNCC1. The van der Waals surface area contributed by atoms with Crippen LogP contribution in [0, 0.1) is 5.92 Å². The van der Waals surface area contributed by atoms with Crippen molar-refractivity contribution in [3.05, 3.63) is 29.8 Å². The molecule has 0 unspecified atom stereocenters. The van der Waals surface area contributed by atoms with Crippen molar-refractivity contribution in [2.75, 3.05) is 13.1 Å². The Hall–Kier alpha value is -1.88. The van der Waals surface area contributed by atoms with Crippen LogP contribution in [0.2, 0.25) is 0 Å². The third-order valence-corrected chi connectivity index (χ3v) is 4.89. The van der Waals surface area contributed by atoms with E-state index in [4.69, 9.17) is 4.74 Å². The van der Waals surface area contributed by atoms with Crippen LogP contribution in [0.25, 0.3) is 0 Å². The van der Waals surface area contributed by atoms with Gasteiger partial charge in [-0.1, -0.05) is 12.1 Å². The van der Waals surface area contributed by atoms with E-state index in [0.717, 1.165) is 37.2 Å². The van der Waals surface area contributed by atoms with E-state index >= 15 is 0 Å². The molecule has 0 aromatic heterocycles. The van der Waals surface area contributed by atoms with Crippen LogP contribution in [0.1, 0.15) is 44.1 Å². The largest absolute Gasteiger partial charge is 0.490 e. The molecule has 0 radical (unpaired) electrons. The van der Waals surface area contributed by atoms with Gasteiger partial charge in [0.05, 0.1) is 12.0 Å². The van der Waals surface area contributed by atoms with Gasteiger partial charge in [-0.15, -0.1) is 0 Å². The number of nitrogens with one attached hydrogen (secondary N) is 2. The highest BCUT2D eigenvalue weighted by atomic mass is 16.5. The molecule has 2 aliphatic rings. The number of benzene rings is 1. The molecule has 2 amide bonds. The summed E-state index contributed by atoms with van der Waals surface area (Å²) in [7, 11) is 0. The summed E-state index contributed by atoms with van der Waals surface area (Å²) in [5, 5.41) is 5.77. The third-order valence-electron chi connectivity index (χ3n) is 4.89. The zero-order valence-corrected chi connectivity index (χ0v) is 13.5. The van der Waals surface area contributed by atoms with Gasteiger partial charge in [-0.2, -0.15) is 0 Å². The molecule has 0 saturated carbocycles. The predicted molar refractivity (Wildman–Crippen MR) is 87.3 cm³/mol. The van der Waals surface area contributed by atoms with Gasteiger partial charge < -0.3 is 10.1 Å². The van der Waals surface area contributed by atoms with Crippen molar-refractivity contribution in [3.63, 3.8) is 0 Å². The second kappa shape index (κ2) is 7.13. The molecule has 1 aromatic rings. The fraction of sp³-hybridized carbons (Fsp3) is 0.556. The van der Waals surface area contributed by atoms with Gasteiger partial charge in [0.25, 0.3) is 0 Å². The Morgan fingerprint density at radius 3 is 2.43 bits per heavy atom. The summed E-state index contributed by atoms with van der Waals surface area (Å²) in [6.45, 7) is 4.25. The van der Waals surface area contributed by atoms with Crippen LogP contribution in [-0.4, -0.2) is 31.0 Å². The fourth-order valence-corrected chi connectivity index (χ4v) is 3.41. The summed E-state index contributed by atoms with van der Waals surface area (Å²) < 4.78 is 6.06. The summed E-state index contributed by atoms with van der Waals surface area (Å²) in [6.07, 6.45) is 3.47. The fourth-order valence-electron chi connectivity index (χ4n) is 3.41. The molecule has 1 aromatic carbocycles. The smallest absolute Gasteiger partial charge is 0.234 e. The third kappa shape index (κ3) is 3.91. The van der Waals surface area contributed by atoms with Crippen molar-refractivity contribution in [1.29, 1.82) is 0 Å². The highest BCUT2D eigenvalue weighted by Gasteiger charge is 2.28. The number of carbonyl (C=O) groups is 2. The van der Waals surface area contributed by atoms with E-state index in [9.17, 15) is 9.59 Å². The standard InChI is InChI=1S/C18H24N2O3/c1-12(13-8-10-19-11-9-13)23-15-4-2-14(3-5-15)16-6-7-17(21)20-18(16)22/h2-5,12-13,16,19H,6-11H2,1H3,(H,20,21,22)/t12-,16+/m0/s1. The molecule has 2 saturated heterocycles. The first-order valence-electron chi connectivity index (χ1n) is 8.44. The normalized spacial score (nSPS) is 24.1. The minimum absolute atomic E-state index is 0.179. The van der Waals surface area contributed by atoms with E-state index in [-0.39, 0.29) is 23.8 Å². The summed E-state index contributed by atoms with van der Waals surface area (Å²) >= 11 is 0. The van der Waals surface area contributed by atoms with Crippen LogP contribution in [0.4, 0.5) is 0 Å². The van der Waals surface area contributed by atoms with Crippen molar-refractivity contribution in [2.24, 2.45) is 5.92 Å². The first-order valence-corrected chi connectivity index (χ1v) is 8.44. The van der Waals surface area contributed by atoms with Crippen molar-refractivity contribution in [3.8, 4) is 5.75 Å². The first-order chi connectivity index (χ1) is 11.1. The van der Waals surface area contributed by atoms with E-state index in [0.29, 0.717) is 18.8 Å². The highest BCUT2D eigenvalue weighted by molar-refractivity contribution is 6.00. The van der Waals surface area contributed by atoms with Crippen LogP contribution in [0.15, 0.2) is 24.3 Å². The Bertz CT molecular complexity index is 564. The van der Waals surface area contributed by atoms with Gasteiger partial charge in [0.2, 0.25) is 11.8 Å². The number of rotatable bonds is 4. The molecule has 2 heterocycles. The Kier molecular flexibility index (Phi) is 4.96. The molecule has 124 valence electrons. The lowest BCUT2D eigenvalue weighted by Gasteiger charge is -2.28. The molecule has 5 heteroatoms. The minimum Gasteiger partial charge on any atom is -0.490 e. The topological polar surface area (TPSA) is 67.4 Å². The van der Waals surface area contributed by atoms with Crippen LogP contribution >= 0.6 is 0 Å². The number of piperidine rings is 2. The Morgan fingerprint density at radius 1 is 1.09 bits per heavy atom. The first kappa shape index (κ1) is 16.0. The number of carbonyl (C=O) groups excluding carboxylic acids is 2. The van der Waals surface area contributed by atoms with Crippen molar-refractivity contribution in [2.45, 2.75) is 44.6 Å². The van der Waals surface area contributed by atoms with Crippen LogP contribution < -0.4 is 15.4 Å². The maximum Gasteiger partial charge on any atom is 0.234 e. The zero-order valence-electron chi connectivity index (χ0n) is 13.5. The summed E-state index contributed by atoms with van der Waals surface area (Å²) in [4.78, 5) is 23.1. The molecule has 2 N–H and O–H groups in total. The second-order valence-corrected chi connectivity index (χ2v) is 6.48. The molecule has 2 aliphatic heterocycles. The van der Waals surface area contributed by atoms with E-state index < -0.39 is 0 Å². The quantitative estimate of drug-likeness (QED) is 0.834. The number of ether oxygens (including phenoxy) is 1. The maximum atomic E-state index is 11.9. The summed E-state index contributed by atoms with van der Waals surface area (Å²) in [6, 6.07) is 7.72. The molecular weight excluding hydrogens is 292 g/mol. The molecule has 0 bridgehead atoms. The molecule has 23 heavy (non-hydrogen) atoms. The number of imide groups is 1. The Labute approximate surface area is 136 Å². The van der Waals surface area contributed by atoms with Gasteiger partial charge in [0.15, 0.2) is 0 Å². The van der Waals surface area contributed by atoms with Gasteiger partial charge in [-0.05, 0) is 62.9 Å². The molecule has 3 rings (SSSR count). The zero-order chi connectivity index (χ0) is 16.2. The number of amides is 2. The van der Waals surface area contributed by atoms with E-state index in [1.54, 1.807) is 0 Å². The van der Waals surface area contributed by atoms with Crippen LogP contribution in [0.5, 0.6) is 5.75 Å². The van der Waals surface area contributed by atoms with Gasteiger partial charge in [-0.25, -0.2) is 0 Å². The van der Waals surface area contributed by atoms with Crippen molar-refractivity contribution < 1.29 is 14.3 Å². The van der Waals surface area contributed by atoms with E-state index in [1.807, 2.05) is 24.3 Å². The van der Waals surface area contributed by atoms with E-state index in [1.165, 1.54) is 0 Å².